The third-order valence-electron chi connectivity index (χ3n) is 6.39. The normalized spacial score (nSPS) is 27.6. The predicted molar refractivity (Wildman–Crippen MR) is 102 cm³/mol. The lowest BCUT2D eigenvalue weighted by Crippen LogP contribution is -2.68. The molecule has 1 atom stereocenters. The molecule has 3 aliphatic rings. The second-order valence-electron chi connectivity index (χ2n) is 7.90. The van der Waals surface area contributed by atoms with Crippen LogP contribution in [0.3, 0.4) is 0 Å². The Bertz CT molecular complexity index is 646. The van der Waals surface area contributed by atoms with Crippen LogP contribution in [0, 0.1) is 5.92 Å². The van der Waals surface area contributed by atoms with E-state index < -0.39 is 5.54 Å². The van der Waals surface area contributed by atoms with Gasteiger partial charge in [-0.05, 0) is 32.1 Å². The summed E-state index contributed by atoms with van der Waals surface area (Å²) in [5.74, 6) is -0.396. The van der Waals surface area contributed by atoms with Crippen LogP contribution in [0.5, 0.6) is 0 Å². The van der Waals surface area contributed by atoms with Gasteiger partial charge in [0.25, 0.3) is 0 Å². The van der Waals surface area contributed by atoms with Gasteiger partial charge < -0.3 is 15.5 Å². The summed E-state index contributed by atoms with van der Waals surface area (Å²) in [6.07, 6.45) is 3.97. The molecule has 4 amide bonds. The smallest absolute Gasteiger partial charge is 0.246 e. The Hall–Kier alpha value is -2.16. The highest BCUT2D eigenvalue weighted by Gasteiger charge is 2.52. The molecule has 0 aliphatic carbocycles. The molecule has 3 saturated heterocycles. The average molecular weight is 393 g/mol. The molecule has 1 unspecified atom stereocenters. The number of carbonyl (C=O) groups is 4. The molecular formula is C19H31N5O4. The van der Waals surface area contributed by atoms with Crippen molar-refractivity contribution in [2.45, 2.75) is 50.5 Å². The first-order chi connectivity index (χ1) is 13.4. The minimum atomic E-state index is -1.08. The minimum absolute atomic E-state index is 0.00773. The van der Waals surface area contributed by atoms with Gasteiger partial charge in [-0.3, -0.25) is 24.2 Å². The van der Waals surface area contributed by atoms with Crippen LogP contribution in [0.2, 0.25) is 0 Å². The lowest BCUT2D eigenvalue weighted by Gasteiger charge is -2.50. The summed E-state index contributed by atoms with van der Waals surface area (Å²) < 4.78 is 0. The highest BCUT2D eigenvalue weighted by atomic mass is 16.2. The molecule has 0 radical (unpaired) electrons. The van der Waals surface area contributed by atoms with Gasteiger partial charge in [0.05, 0.1) is 6.42 Å². The van der Waals surface area contributed by atoms with Crippen molar-refractivity contribution < 1.29 is 19.2 Å². The maximum atomic E-state index is 13.0. The van der Waals surface area contributed by atoms with Crippen molar-refractivity contribution in [3.63, 3.8) is 0 Å². The summed E-state index contributed by atoms with van der Waals surface area (Å²) in [5, 5.41) is 9.07. The number of hydrogen-bond acceptors (Lipinski definition) is 5. The van der Waals surface area contributed by atoms with Crippen LogP contribution in [0.25, 0.3) is 0 Å². The Labute approximate surface area is 165 Å². The number of likely N-dealkylation sites (N-methyl/N-ethyl adjacent to an activating group) is 1. The lowest BCUT2D eigenvalue weighted by molar-refractivity contribution is -0.172. The van der Waals surface area contributed by atoms with Crippen LogP contribution in [-0.4, -0.2) is 84.4 Å². The summed E-state index contributed by atoms with van der Waals surface area (Å²) in [6.45, 7) is 2.20. The molecule has 9 heteroatoms. The topological polar surface area (TPSA) is 102 Å². The van der Waals surface area contributed by atoms with Crippen LogP contribution >= 0.6 is 0 Å². The molecule has 3 rings (SSSR count). The number of carbonyl (C=O) groups excluding carboxylic acids is 4. The number of amides is 4. The van der Waals surface area contributed by atoms with Crippen molar-refractivity contribution in [3.8, 4) is 0 Å². The largest absolute Gasteiger partial charge is 0.359 e. The summed E-state index contributed by atoms with van der Waals surface area (Å²) in [5.41, 5.74) is -1.08. The Balaban J connectivity index is 1.70. The highest BCUT2D eigenvalue weighted by molar-refractivity contribution is 5.96. The van der Waals surface area contributed by atoms with Crippen molar-refractivity contribution in [2.24, 2.45) is 5.92 Å². The maximum Gasteiger partial charge on any atom is 0.246 e. The van der Waals surface area contributed by atoms with E-state index in [0.29, 0.717) is 51.9 Å². The lowest BCUT2D eigenvalue weighted by atomic mass is 9.82. The first-order valence-corrected chi connectivity index (χ1v) is 10.2. The first-order valence-electron chi connectivity index (χ1n) is 10.2. The number of hydrogen-bond donors (Lipinski definition) is 2. The Morgan fingerprint density at radius 2 is 1.68 bits per heavy atom. The molecule has 28 heavy (non-hydrogen) atoms. The Morgan fingerprint density at radius 1 is 0.964 bits per heavy atom. The van der Waals surface area contributed by atoms with Crippen molar-refractivity contribution in [2.75, 3.05) is 40.3 Å². The molecule has 156 valence electrons. The zero-order valence-corrected chi connectivity index (χ0v) is 16.8. The van der Waals surface area contributed by atoms with Crippen molar-refractivity contribution >= 4 is 23.6 Å². The fourth-order valence-electron chi connectivity index (χ4n) is 4.76. The monoisotopic (exact) mass is 393 g/mol. The van der Waals surface area contributed by atoms with Gasteiger partial charge in [0.2, 0.25) is 23.6 Å². The Morgan fingerprint density at radius 3 is 2.25 bits per heavy atom. The van der Waals surface area contributed by atoms with E-state index in [1.165, 1.54) is 0 Å². The summed E-state index contributed by atoms with van der Waals surface area (Å²) in [6, 6.07) is 0. The SMILES string of the molecule is CNC(=O)C1CCN(N2CCC(C(=O)NC)(N3CCCCC3=O)CC2=O)CC1. The quantitative estimate of drug-likeness (QED) is 0.669. The number of nitrogens with zero attached hydrogens (tertiary/aromatic N) is 3. The number of nitrogens with one attached hydrogen (secondary N) is 2. The molecular weight excluding hydrogens is 362 g/mol. The van der Waals surface area contributed by atoms with E-state index in [4.69, 9.17) is 0 Å². The molecule has 3 aliphatic heterocycles. The van der Waals surface area contributed by atoms with Gasteiger partial charge in [-0.15, -0.1) is 0 Å². The van der Waals surface area contributed by atoms with E-state index in [2.05, 4.69) is 10.6 Å². The van der Waals surface area contributed by atoms with Crippen molar-refractivity contribution in [1.29, 1.82) is 0 Å². The van der Waals surface area contributed by atoms with E-state index in [0.717, 1.165) is 12.8 Å². The molecule has 0 aromatic rings. The van der Waals surface area contributed by atoms with Crippen LogP contribution in [0.4, 0.5) is 0 Å². The fourth-order valence-corrected chi connectivity index (χ4v) is 4.76. The van der Waals surface area contributed by atoms with Gasteiger partial charge >= 0.3 is 0 Å². The van der Waals surface area contributed by atoms with Gasteiger partial charge in [0, 0.05) is 52.6 Å². The molecule has 0 aromatic heterocycles. The van der Waals surface area contributed by atoms with Crippen molar-refractivity contribution in [3.05, 3.63) is 0 Å². The number of rotatable bonds is 4. The van der Waals surface area contributed by atoms with Gasteiger partial charge in [0.1, 0.15) is 5.54 Å². The molecule has 0 spiro atoms. The fraction of sp³-hybridized carbons (Fsp3) is 0.789. The maximum absolute atomic E-state index is 13.0. The van der Waals surface area contributed by atoms with Gasteiger partial charge in [-0.2, -0.15) is 0 Å². The molecule has 9 nitrogen and oxygen atoms in total. The molecule has 0 saturated carbocycles. The number of piperidine rings is 3. The third kappa shape index (κ3) is 3.72. The second-order valence-corrected chi connectivity index (χ2v) is 7.90. The predicted octanol–water partition coefficient (Wildman–Crippen LogP) is -0.521. The van der Waals surface area contributed by atoms with Gasteiger partial charge in [0.15, 0.2) is 0 Å². The van der Waals surface area contributed by atoms with E-state index in [1.807, 2.05) is 5.01 Å². The standard InChI is InChI=1S/C19H31N5O4/c1-20-17(27)14-6-10-22(11-7-14)24-12-8-19(13-16(24)26,18(28)21-2)23-9-4-3-5-15(23)25/h14H,3-13H2,1-2H3,(H,20,27)(H,21,28). The molecule has 2 N–H and O–H groups in total. The van der Waals surface area contributed by atoms with Crippen molar-refractivity contribution in [1.82, 2.24) is 25.6 Å². The van der Waals surface area contributed by atoms with E-state index >= 15 is 0 Å². The summed E-state index contributed by atoms with van der Waals surface area (Å²) in [4.78, 5) is 51.8. The molecule has 0 aromatic carbocycles. The van der Waals surface area contributed by atoms with Crippen LogP contribution in [0.1, 0.15) is 44.9 Å². The first kappa shape index (κ1) is 20.6. The average Bonchev–Trinajstić information content (AvgIpc) is 2.73. The summed E-state index contributed by atoms with van der Waals surface area (Å²) in [7, 11) is 3.20. The summed E-state index contributed by atoms with van der Waals surface area (Å²) >= 11 is 0. The van der Waals surface area contributed by atoms with E-state index in [-0.39, 0.29) is 36.0 Å². The van der Waals surface area contributed by atoms with Crippen LogP contribution < -0.4 is 10.6 Å². The van der Waals surface area contributed by atoms with E-state index in [9.17, 15) is 19.2 Å². The van der Waals surface area contributed by atoms with Crippen LogP contribution in [0.15, 0.2) is 0 Å². The molecule has 0 bridgehead atoms. The minimum Gasteiger partial charge on any atom is -0.359 e. The van der Waals surface area contributed by atoms with Gasteiger partial charge in [-0.25, -0.2) is 5.01 Å². The third-order valence-corrected chi connectivity index (χ3v) is 6.39. The van der Waals surface area contributed by atoms with E-state index in [1.54, 1.807) is 24.0 Å². The van der Waals surface area contributed by atoms with Gasteiger partial charge in [-0.1, -0.05) is 0 Å². The second kappa shape index (κ2) is 8.46. The zero-order valence-electron chi connectivity index (χ0n) is 16.8. The number of likely N-dealkylation sites (tertiary alicyclic amines) is 1. The molecule has 3 fully saturated rings. The van der Waals surface area contributed by atoms with Crippen LogP contribution in [-0.2, 0) is 19.2 Å². The Kier molecular flexibility index (Phi) is 6.22. The molecule has 3 heterocycles. The zero-order chi connectivity index (χ0) is 20.3. The number of hydrazine groups is 1. The highest BCUT2D eigenvalue weighted by Crippen LogP contribution is 2.34.